The lowest BCUT2D eigenvalue weighted by Gasteiger charge is -2.08. The third-order valence-corrected chi connectivity index (χ3v) is 8.24. The smallest absolute Gasteiger partial charge is 0.0682 e. The lowest BCUT2D eigenvalue weighted by molar-refractivity contribution is 0.775. The van der Waals surface area contributed by atoms with Crippen LogP contribution in [0.15, 0.2) is 43.7 Å². The third kappa shape index (κ3) is 5.58. The van der Waals surface area contributed by atoms with Gasteiger partial charge in [0.1, 0.15) is 0 Å². The fraction of sp³-hybridized carbons (Fsp3) is 0.455. The van der Waals surface area contributed by atoms with Crippen LogP contribution in [0, 0.1) is 13.8 Å². The zero-order valence-electron chi connectivity index (χ0n) is 24.2. The third-order valence-electron chi connectivity index (χ3n) is 8.24. The van der Waals surface area contributed by atoms with Crippen molar-refractivity contribution < 1.29 is 0 Å². The second-order valence-electron chi connectivity index (χ2n) is 10.8. The minimum Gasteiger partial charge on any atom is -0.358 e. The largest absolute Gasteiger partial charge is 0.358 e. The first-order valence-electron chi connectivity index (χ1n) is 14.0. The van der Waals surface area contributed by atoms with E-state index < -0.39 is 0 Å². The van der Waals surface area contributed by atoms with Gasteiger partial charge in [-0.2, -0.15) is 0 Å². The van der Waals surface area contributed by atoms with Crippen LogP contribution in [0.4, 0.5) is 0 Å². The maximum Gasteiger partial charge on any atom is 0.0682 e. The molecule has 0 aromatic carbocycles. The van der Waals surface area contributed by atoms with E-state index in [1.807, 2.05) is 12.4 Å². The standard InChI is InChI=1S/C33H44N4/c1-9-11-13-26-24(7)30(15-28-22(5)20(3)18-34-28)36-32(26)17-33-27(14-12-10-2)25(8)31(37-33)16-29-23(6)21(4)19-35-29/h15-16,18-19,36-37H,9-14,17H2,1-8H3/b28-15+,29-16?. The zero-order chi connectivity index (χ0) is 26.7. The molecule has 4 heteroatoms. The number of unbranched alkanes of at least 4 members (excludes halogenated alkanes) is 2. The first-order chi connectivity index (χ1) is 17.7. The molecule has 0 unspecified atom stereocenters. The predicted octanol–water partition coefficient (Wildman–Crippen LogP) is 8.76. The number of rotatable bonds is 10. The number of hydrogen-bond acceptors (Lipinski definition) is 2. The second-order valence-corrected chi connectivity index (χ2v) is 10.8. The molecule has 196 valence electrons. The molecular formula is C33H44N4. The molecule has 4 heterocycles. The normalized spacial score (nSPS) is 17.6. The lowest BCUT2D eigenvalue weighted by atomic mass is 9.97. The van der Waals surface area contributed by atoms with Crippen molar-refractivity contribution in [1.82, 2.24) is 9.97 Å². The number of nitrogens with zero attached hydrogens (tertiary/aromatic N) is 2. The average molecular weight is 497 g/mol. The molecule has 0 saturated carbocycles. The minimum atomic E-state index is 0.889. The number of aliphatic imine (C=N–C) groups is 2. The van der Waals surface area contributed by atoms with Crippen molar-refractivity contribution in [2.24, 2.45) is 9.98 Å². The van der Waals surface area contributed by atoms with Crippen LogP contribution in [0.5, 0.6) is 0 Å². The fourth-order valence-corrected chi connectivity index (χ4v) is 5.28. The van der Waals surface area contributed by atoms with Crippen molar-refractivity contribution in [3.05, 3.63) is 78.7 Å². The molecule has 0 aliphatic carbocycles. The van der Waals surface area contributed by atoms with Gasteiger partial charge in [0.05, 0.1) is 11.4 Å². The highest BCUT2D eigenvalue weighted by atomic mass is 14.8. The van der Waals surface area contributed by atoms with E-state index in [0.29, 0.717) is 0 Å². The molecule has 0 atom stereocenters. The highest BCUT2D eigenvalue weighted by Crippen LogP contribution is 2.32. The van der Waals surface area contributed by atoms with E-state index in [2.05, 4.69) is 87.5 Å². The van der Waals surface area contributed by atoms with E-state index in [-0.39, 0.29) is 0 Å². The van der Waals surface area contributed by atoms with Crippen molar-refractivity contribution in [2.45, 2.75) is 100 Å². The van der Waals surface area contributed by atoms with Crippen LogP contribution in [0.3, 0.4) is 0 Å². The van der Waals surface area contributed by atoms with Gasteiger partial charge in [-0.1, -0.05) is 26.7 Å². The van der Waals surface area contributed by atoms with Crippen LogP contribution in [-0.2, 0) is 19.3 Å². The molecule has 0 fully saturated rings. The Morgan fingerprint density at radius 2 is 1.05 bits per heavy atom. The van der Waals surface area contributed by atoms with E-state index in [0.717, 1.165) is 30.7 Å². The van der Waals surface area contributed by atoms with Crippen LogP contribution < -0.4 is 0 Å². The molecule has 2 aromatic heterocycles. The molecule has 4 nitrogen and oxygen atoms in total. The molecule has 0 saturated heterocycles. The average Bonchev–Trinajstić information content (AvgIpc) is 3.56. The summed E-state index contributed by atoms with van der Waals surface area (Å²) in [7, 11) is 0. The van der Waals surface area contributed by atoms with E-state index in [1.165, 1.54) is 93.0 Å². The van der Waals surface area contributed by atoms with E-state index in [1.54, 1.807) is 0 Å². The van der Waals surface area contributed by atoms with Crippen LogP contribution in [-0.4, -0.2) is 22.4 Å². The summed E-state index contributed by atoms with van der Waals surface area (Å²) in [6.45, 7) is 17.7. The topological polar surface area (TPSA) is 56.3 Å². The van der Waals surface area contributed by atoms with Crippen LogP contribution in [0.1, 0.15) is 112 Å². The molecule has 0 amide bonds. The van der Waals surface area contributed by atoms with Crippen molar-refractivity contribution in [3.8, 4) is 0 Å². The lowest BCUT2D eigenvalue weighted by Crippen LogP contribution is -1.99. The Kier molecular flexibility index (Phi) is 8.36. The van der Waals surface area contributed by atoms with E-state index in [4.69, 9.17) is 0 Å². The monoisotopic (exact) mass is 496 g/mol. The summed E-state index contributed by atoms with van der Waals surface area (Å²) in [6, 6.07) is 0. The van der Waals surface area contributed by atoms with Gasteiger partial charge in [-0.3, -0.25) is 9.98 Å². The quantitative estimate of drug-likeness (QED) is 0.330. The Bertz CT molecular complexity index is 1260. The summed E-state index contributed by atoms with van der Waals surface area (Å²) >= 11 is 0. The van der Waals surface area contributed by atoms with Crippen LogP contribution in [0.2, 0.25) is 0 Å². The minimum absolute atomic E-state index is 0.889. The van der Waals surface area contributed by atoms with Gasteiger partial charge in [-0.25, -0.2) is 0 Å². The number of aromatic nitrogens is 2. The molecule has 0 spiro atoms. The van der Waals surface area contributed by atoms with Gasteiger partial charge in [-0.15, -0.1) is 0 Å². The van der Waals surface area contributed by atoms with Crippen LogP contribution >= 0.6 is 0 Å². The number of nitrogens with one attached hydrogen (secondary N) is 2. The fourth-order valence-electron chi connectivity index (χ4n) is 5.28. The maximum atomic E-state index is 4.66. The molecule has 0 bridgehead atoms. The molecule has 0 radical (unpaired) electrons. The van der Waals surface area contributed by atoms with Gasteiger partial charge < -0.3 is 9.97 Å². The highest BCUT2D eigenvalue weighted by Gasteiger charge is 2.20. The maximum absolute atomic E-state index is 4.66. The molecule has 2 aliphatic heterocycles. The van der Waals surface area contributed by atoms with Crippen molar-refractivity contribution >= 4 is 24.6 Å². The SMILES string of the molecule is CCCCc1c(Cc2[nH]c(/C=C3/N=CC(C)=C3C)c(C)c2CCCC)[nH]c(C=C2N=CC(C)=C2C)c1C. The Balaban J connectivity index is 1.75. The molecule has 2 aliphatic rings. The molecular weight excluding hydrogens is 452 g/mol. The Morgan fingerprint density at radius 1 is 0.649 bits per heavy atom. The number of H-pyrrole nitrogens is 2. The van der Waals surface area contributed by atoms with Crippen molar-refractivity contribution in [3.63, 3.8) is 0 Å². The first-order valence-corrected chi connectivity index (χ1v) is 14.0. The number of allylic oxidation sites excluding steroid dienone is 4. The second kappa shape index (κ2) is 11.5. The van der Waals surface area contributed by atoms with E-state index >= 15 is 0 Å². The Morgan fingerprint density at radius 3 is 1.38 bits per heavy atom. The molecule has 2 N–H and O–H groups in total. The predicted molar refractivity (Wildman–Crippen MR) is 161 cm³/mol. The summed E-state index contributed by atoms with van der Waals surface area (Å²) in [4.78, 5) is 17.0. The summed E-state index contributed by atoms with van der Waals surface area (Å²) in [6.07, 6.45) is 16.3. The van der Waals surface area contributed by atoms with Gasteiger partial charge in [0.2, 0.25) is 0 Å². The zero-order valence-corrected chi connectivity index (χ0v) is 24.2. The van der Waals surface area contributed by atoms with Gasteiger partial charge in [0.15, 0.2) is 0 Å². The van der Waals surface area contributed by atoms with Gasteiger partial charge in [0.25, 0.3) is 0 Å². The Hall–Kier alpha value is -3.14. The number of hydrogen-bond donors (Lipinski definition) is 2. The van der Waals surface area contributed by atoms with Gasteiger partial charge in [0, 0.05) is 41.6 Å². The Labute approximate surface area is 223 Å². The summed E-state index contributed by atoms with van der Waals surface area (Å²) in [5, 5.41) is 0. The summed E-state index contributed by atoms with van der Waals surface area (Å²) in [5.41, 5.74) is 17.9. The number of aromatic amines is 2. The van der Waals surface area contributed by atoms with Crippen molar-refractivity contribution in [2.75, 3.05) is 0 Å². The highest BCUT2D eigenvalue weighted by molar-refractivity contribution is 5.88. The summed E-state index contributed by atoms with van der Waals surface area (Å²) < 4.78 is 0. The van der Waals surface area contributed by atoms with E-state index in [9.17, 15) is 0 Å². The first kappa shape index (κ1) is 26.9. The molecule has 37 heavy (non-hydrogen) atoms. The van der Waals surface area contributed by atoms with Crippen molar-refractivity contribution in [1.29, 1.82) is 0 Å². The van der Waals surface area contributed by atoms with Gasteiger partial charge in [-0.05, 0) is 124 Å². The summed E-state index contributed by atoms with van der Waals surface area (Å²) in [5.74, 6) is 0. The van der Waals surface area contributed by atoms with Crippen LogP contribution in [0.25, 0.3) is 12.2 Å². The van der Waals surface area contributed by atoms with Gasteiger partial charge >= 0.3 is 0 Å². The molecule has 4 rings (SSSR count). The molecule has 2 aromatic rings.